The van der Waals surface area contributed by atoms with Crippen molar-refractivity contribution >= 4 is 31.6 Å². The molecule has 0 aliphatic heterocycles. The number of allylic oxidation sites excluding steroid dienone is 3. The van der Waals surface area contributed by atoms with E-state index in [1.165, 1.54) is 6.08 Å². The highest BCUT2D eigenvalue weighted by Crippen LogP contribution is 2.38. The maximum atomic E-state index is 13.0. The van der Waals surface area contributed by atoms with Crippen LogP contribution in [0.15, 0.2) is 65.7 Å². The largest absolute Gasteiger partial charge is 0.413 e. The zero-order chi connectivity index (χ0) is 25.8. The summed E-state index contributed by atoms with van der Waals surface area (Å²) in [7, 11) is -1.94. The quantitative estimate of drug-likeness (QED) is 0.177. The molecule has 0 radical (unpaired) electrons. The van der Waals surface area contributed by atoms with Gasteiger partial charge < -0.3 is 9.74 Å². The average Bonchev–Trinajstić information content (AvgIpc) is 2.74. The maximum Gasteiger partial charge on any atom is 0.244 e. The molecule has 188 valence electrons. The van der Waals surface area contributed by atoms with Gasteiger partial charge in [-0.1, -0.05) is 87.0 Å². The zero-order valence-electron chi connectivity index (χ0n) is 21.9. The van der Waals surface area contributed by atoms with Crippen molar-refractivity contribution in [3.63, 3.8) is 0 Å². The number of Topliss-reactive ketones (excluding diaryl/α,β-unsaturated/α-hetero) is 1. The zero-order valence-corrected chi connectivity index (χ0v) is 23.6. The minimum atomic E-state index is -1.94. The third-order valence-corrected chi connectivity index (χ3v) is 10.8. The molecule has 0 aromatic heterocycles. The van der Waals surface area contributed by atoms with Gasteiger partial charge >= 0.3 is 0 Å². The van der Waals surface area contributed by atoms with Gasteiger partial charge in [0, 0.05) is 11.5 Å². The third kappa shape index (κ3) is 11.5. The Kier molecular flexibility index (Phi) is 12.8. The monoisotopic (exact) mass is 503 g/mol. The molecule has 2 atom stereocenters. The minimum absolute atomic E-state index is 0.00968. The van der Waals surface area contributed by atoms with Crippen LogP contribution in [-0.2, 0) is 20.4 Å². The van der Waals surface area contributed by atoms with Crippen molar-refractivity contribution in [3.05, 3.63) is 71.3 Å². The van der Waals surface area contributed by atoms with Crippen molar-refractivity contribution in [2.45, 2.75) is 90.6 Å². The van der Waals surface area contributed by atoms with Gasteiger partial charge in [-0.05, 0) is 62.9 Å². The highest BCUT2D eigenvalue weighted by Gasteiger charge is 2.38. The Labute approximate surface area is 212 Å². The summed E-state index contributed by atoms with van der Waals surface area (Å²) >= 11 is 6.07. The Morgan fingerprint density at radius 3 is 2.32 bits per heavy atom. The van der Waals surface area contributed by atoms with Gasteiger partial charge in [0.25, 0.3) is 0 Å². The number of hydrogen-bond acceptors (Lipinski definition) is 3. The van der Waals surface area contributed by atoms with Gasteiger partial charge in [0.05, 0.1) is 12.1 Å². The second-order valence-electron chi connectivity index (χ2n) is 10.2. The summed E-state index contributed by atoms with van der Waals surface area (Å²) in [6.07, 6.45) is 11.2. The van der Waals surface area contributed by atoms with Crippen LogP contribution < -0.4 is 5.32 Å². The number of amides is 1. The van der Waals surface area contributed by atoms with Crippen LogP contribution in [0.25, 0.3) is 0 Å². The smallest absolute Gasteiger partial charge is 0.244 e. The molecule has 1 rings (SSSR count). The van der Waals surface area contributed by atoms with E-state index < -0.39 is 14.4 Å². The summed E-state index contributed by atoms with van der Waals surface area (Å²) in [5.74, 6) is -0.275. The van der Waals surface area contributed by atoms with E-state index in [2.05, 4.69) is 39.2 Å². The summed E-state index contributed by atoms with van der Waals surface area (Å²) in [6.45, 7) is 14.8. The first-order valence-electron chi connectivity index (χ1n) is 12.0. The average molecular weight is 504 g/mol. The first kappa shape index (κ1) is 30.1. The fourth-order valence-electron chi connectivity index (χ4n) is 3.14. The lowest BCUT2D eigenvalue weighted by Gasteiger charge is -2.39. The van der Waals surface area contributed by atoms with E-state index in [0.29, 0.717) is 12.8 Å². The van der Waals surface area contributed by atoms with Crippen LogP contribution in [0.4, 0.5) is 0 Å². The molecule has 0 aliphatic rings. The number of rotatable bonds is 13. The lowest BCUT2D eigenvalue weighted by Crippen LogP contribution is -2.43. The van der Waals surface area contributed by atoms with Crippen molar-refractivity contribution in [1.29, 1.82) is 0 Å². The van der Waals surface area contributed by atoms with Crippen LogP contribution in [0.1, 0.15) is 59.4 Å². The second-order valence-corrected chi connectivity index (χ2v) is 15.5. The lowest BCUT2D eigenvalue weighted by molar-refractivity contribution is -0.125. The molecule has 0 spiro atoms. The Bertz CT molecular complexity index is 865. The second kappa shape index (κ2) is 14.4. The number of nitrogens with one attached hydrogen (secondary N) is 1. The molecule has 0 aliphatic carbocycles. The Hall–Kier alpha value is -1.95. The molecule has 0 unspecified atom stereocenters. The molecule has 4 nitrogen and oxygen atoms in total. The fourth-order valence-corrected chi connectivity index (χ4v) is 4.60. The molecule has 34 heavy (non-hydrogen) atoms. The van der Waals surface area contributed by atoms with E-state index in [9.17, 15) is 9.59 Å². The van der Waals surface area contributed by atoms with Gasteiger partial charge in [-0.15, -0.1) is 0 Å². The van der Waals surface area contributed by atoms with Gasteiger partial charge in [-0.2, -0.15) is 0 Å². The normalized spacial score (nSPS) is 15.0. The highest BCUT2D eigenvalue weighted by atomic mass is 35.5. The molecular formula is C28H42ClNO3Si. The molecule has 0 bridgehead atoms. The lowest BCUT2D eigenvalue weighted by atomic mass is 10.00. The van der Waals surface area contributed by atoms with Crippen molar-refractivity contribution in [3.8, 4) is 0 Å². The highest BCUT2D eigenvalue weighted by molar-refractivity contribution is 6.74. The van der Waals surface area contributed by atoms with Crippen LogP contribution in [0.2, 0.25) is 18.1 Å². The van der Waals surface area contributed by atoms with Gasteiger partial charge in [0.15, 0.2) is 14.1 Å². The number of hydrogen-bond donors (Lipinski definition) is 1. The molecule has 1 aromatic rings. The van der Waals surface area contributed by atoms with Crippen molar-refractivity contribution in [1.82, 2.24) is 5.32 Å². The SMILES string of the molecule is C/C=C\C(=O)N[C@@H](Cc1ccccc1)C(=O)C/C=C\C[C@H](C/C=C(\C)Cl)O[Si](C)(C)C(C)(C)C. The van der Waals surface area contributed by atoms with Crippen LogP contribution in [-0.4, -0.2) is 32.2 Å². The number of benzene rings is 1. The fraction of sp³-hybridized carbons (Fsp3) is 0.500. The van der Waals surface area contributed by atoms with Crippen molar-refractivity contribution in [2.24, 2.45) is 0 Å². The Morgan fingerprint density at radius 1 is 1.12 bits per heavy atom. The summed E-state index contributed by atoms with van der Waals surface area (Å²) in [5.41, 5.74) is 1.01. The molecular weight excluding hydrogens is 462 g/mol. The number of carbonyl (C=O) groups is 2. The molecule has 0 saturated carbocycles. The molecule has 1 amide bonds. The number of ketones is 1. The van der Waals surface area contributed by atoms with E-state index in [-0.39, 0.29) is 29.3 Å². The summed E-state index contributed by atoms with van der Waals surface area (Å²) in [4.78, 5) is 25.1. The van der Waals surface area contributed by atoms with Crippen molar-refractivity contribution < 1.29 is 14.0 Å². The number of carbonyl (C=O) groups excluding carboxylic acids is 2. The van der Waals surface area contributed by atoms with Gasteiger partial charge in [-0.25, -0.2) is 0 Å². The predicted molar refractivity (Wildman–Crippen MR) is 147 cm³/mol. The first-order valence-corrected chi connectivity index (χ1v) is 15.3. The standard InChI is InChI=1S/C28H42ClNO3Si/c1-8-14-27(32)30-25(21-23-15-10-9-11-16-23)26(31)18-13-12-17-24(20-19-22(2)29)33-34(6,7)28(3,4)5/h8-16,19,24-25H,17-18,20-21H2,1-7H3,(H,30,32)/b13-12-,14-8-,22-19+/t24-,25+/m1/s1. The van der Waals surface area contributed by atoms with E-state index >= 15 is 0 Å². The molecule has 0 heterocycles. The van der Waals surface area contributed by atoms with Crippen LogP contribution in [0, 0.1) is 0 Å². The predicted octanol–water partition coefficient (Wildman–Crippen LogP) is 7.12. The Morgan fingerprint density at radius 2 is 1.76 bits per heavy atom. The molecule has 1 N–H and O–H groups in total. The molecule has 1 aromatic carbocycles. The summed E-state index contributed by atoms with van der Waals surface area (Å²) < 4.78 is 6.60. The van der Waals surface area contributed by atoms with Crippen molar-refractivity contribution in [2.75, 3.05) is 0 Å². The maximum absolute atomic E-state index is 13.0. The summed E-state index contributed by atoms with van der Waals surface area (Å²) in [6, 6.07) is 9.16. The molecule has 0 fully saturated rings. The van der Waals surface area contributed by atoms with Crippen LogP contribution in [0.5, 0.6) is 0 Å². The minimum Gasteiger partial charge on any atom is -0.413 e. The van der Waals surface area contributed by atoms with E-state index in [4.69, 9.17) is 16.0 Å². The molecule has 6 heteroatoms. The van der Waals surface area contributed by atoms with Gasteiger partial charge in [0.2, 0.25) is 5.91 Å². The van der Waals surface area contributed by atoms with Gasteiger partial charge in [0.1, 0.15) is 0 Å². The Balaban J connectivity index is 2.85. The van der Waals surface area contributed by atoms with Crippen LogP contribution in [0.3, 0.4) is 0 Å². The molecule has 0 saturated heterocycles. The van der Waals surface area contributed by atoms with E-state index in [1.807, 2.05) is 55.5 Å². The van der Waals surface area contributed by atoms with Crippen LogP contribution >= 0.6 is 11.6 Å². The topological polar surface area (TPSA) is 55.4 Å². The van der Waals surface area contributed by atoms with E-state index in [0.717, 1.165) is 17.0 Å². The summed E-state index contributed by atoms with van der Waals surface area (Å²) in [5, 5.41) is 3.71. The van der Waals surface area contributed by atoms with E-state index in [1.54, 1.807) is 13.0 Å². The first-order chi connectivity index (χ1) is 15.9. The third-order valence-electron chi connectivity index (χ3n) is 6.12. The van der Waals surface area contributed by atoms with Gasteiger partial charge in [-0.3, -0.25) is 9.59 Å². The number of halogens is 1.